The molecule has 4 nitrogen and oxygen atoms in total. The summed E-state index contributed by atoms with van der Waals surface area (Å²) in [7, 11) is 0. The maximum Gasteiger partial charge on any atom is 0.244 e. The smallest absolute Gasteiger partial charge is 0.244 e. The first-order valence-corrected chi connectivity index (χ1v) is 5.99. The summed E-state index contributed by atoms with van der Waals surface area (Å²) in [6, 6.07) is 3.68. The Morgan fingerprint density at radius 1 is 1.44 bits per heavy atom. The molecule has 5 heteroatoms. The quantitative estimate of drug-likeness (QED) is 0.872. The molecule has 1 atom stereocenters. The predicted molar refractivity (Wildman–Crippen MR) is 64.0 cm³/mol. The lowest BCUT2D eigenvalue weighted by atomic mass is 9.87. The van der Waals surface area contributed by atoms with E-state index in [-0.39, 0.29) is 11.5 Å². The van der Waals surface area contributed by atoms with Crippen molar-refractivity contribution in [3.63, 3.8) is 0 Å². The van der Waals surface area contributed by atoms with Gasteiger partial charge in [-0.15, -0.1) is 11.3 Å². The minimum absolute atomic E-state index is 0.0841. The fourth-order valence-electron chi connectivity index (χ4n) is 1.24. The summed E-state index contributed by atoms with van der Waals surface area (Å²) in [6.07, 6.45) is 0. The molecule has 0 aromatic carbocycles. The lowest BCUT2D eigenvalue weighted by Crippen LogP contribution is -2.26. The van der Waals surface area contributed by atoms with Crippen LogP contribution in [0, 0.1) is 5.41 Å². The van der Waals surface area contributed by atoms with Crippen molar-refractivity contribution in [3.05, 3.63) is 23.4 Å². The van der Waals surface area contributed by atoms with Gasteiger partial charge in [0, 0.05) is 0 Å². The zero-order chi connectivity index (χ0) is 11.8. The van der Waals surface area contributed by atoms with E-state index in [9.17, 15) is 0 Å². The highest BCUT2D eigenvalue weighted by molar-refractivity contribution is 7.13. The molecule has 2 heterocycles. The van der Waals surface area contributed by atoms with E-state index in [1.54, 1.807) is 11.3 Å². The first-order valence-electron chi connectivity index (χ1n) is 5.11. The van der Waals surface area contributed by atoms with Gasteiger partial charge < -0.3 is 10.3 Å². The predicted octanol–water partition coefficient (Wildman–Crippen LogP) is 2.84. The normalized spacial score (nSPS) is 14.0. The van der Waals surface area contributed by atoms with Gasteiger partial charge in [-0.2, -0.15) is 4.98 Å². The van der Waals surface area contributed by atoms with Crippen molar-refractivity contribution < 1.29 is 4.52 Å². The van der Waals surface area contributed by atoms with E-state index < -0.39 is 0 Å². The van der Waals surface area contributed by atoms with Gasteiger partial charge in [-0.3, -0.25) is 0 Å². The first-order chi connectivity index (χ1) is 7.48. The number of nitrogens with two attached hydrogens (primary N) is 1. The molecule has 0 bridgehead atoms. The second-order valence-corrected chi connectivity index (χ2v) is 5.72. The van der Waals surface area contributed by atoms with Gasteiger partial charge in [-0.1, -0.05) is 32.0 Å². The minimum atomic E-state index is -0.242. The molecule has 2 aromatic heterocycles. The summed E-state index contributed by atoms with van der Waals surface area (Å²) in [5, 5.41) is 5.92. The minimum Gasteiger partial charge on any atom is -0.337 e. The molecule has 0 fully saturated rings. The Hall–Kier alpha value is -1.20. The molecule has 0 saturated heterocycles. The number of aromatic nitrogens is 2. The van der Waals surface area contributed by atoms with E-state index in [0.717, 1.165) is 4.88 Å². The molecule has 2 aromatic rings. The SMILES string of the molecule is CC(C)(C)[C@H](N)c1nc(-c2cccs2)no1. The van der Waals surface area contributed by atoms with Gasteiger partial charge in [0.25, 0.3) is 0 Å². The van der Waals surface area contributed by atoms with Crippen LogP contribution in [0.15, 0.2) is 22.0 Å². The third kappa shape index (κ3) is 2.15. The Morgan fingerprint density at radius 3 is 2.75 bits per heavy atom. The number of hydrogen-bond donors (Lipinski definition) is 1. The molecule has 2 N–H and O–H groups in total. The van der Waals surface area contributed by atoms with Crippen LogP contribution in [0.5, 0.6) is 0 Å². The summed E-state index contributed by atoms with van der Waals surface area (Å²) in [5.41, 5.74) is 5.96. The van der Waals surface area contributed by atoms with E-state index in [1.807, 2.05) is 38.3 Å². The number of rotatable bonds is 2. The van der Waals surface area contributed by atoms with Crippen molar-refractivity contribution in [2.45, 2.75) is 26.8 Å². The van der Waals surface area contributed by atoms with Gasteiger partial charge >= 0.3 is 0 Å². The van der Waals surface area contributed by atoms with Crippen LogP contribution in [-0.4, -0.2) is 10.1 Å². The van der Waals surface area contributed by atoms with Crippen molar-refractivity contribution in [2.75, 3.05) is 0 Å². The maximum absolute atomic E-state index is 6.05. The summed E-state index contributed by atoms with van der Waals surface area (Å²) < 4.78 is 5.20. The van der Waals surface area contributed by atoms with E-state index in [1.165, 1.54) is 0 Å². The van der Waals surface area contributed by atoms with E-state index in [4.69, 9.17) is 10.3 Å². The standard InChI is InChI=1S/C11H15N3OS/c1-11(2,3)8(12)10-13-9(14-15-10)7-5-4-6-16-7/h4-6,8H,12H2,1-3H3/t8-/m1/s1. The molecule has 0 aliphatic carbocycles. The molecule has 16 heavy (non-hydrogen) atoms. The molecular formula is C11H15N3OS. The average molecular weight is 237 g/mol. The molecule has 0 saturated carbocycles. The van der Waals surface area contributed by atoms with Crippen LogP contribution in [0.4, 0.5) is 0 Å². The van der Waals surface area contributed by atoms with Gasteiger partial charge in [0.2, 0.25) is 11.7 Å². The van der Waals surface area contributed by atoms with Gasteiger partial charge in [0.1, 0.15) is 0 Å². The molecule has 0 radical (unpaired) electrons. The van der Waals surface area contributed by atoms with Crippen molar-refractivity contribution in [2.24, 2.45) is 11.1 Å². The molecular weight excluding hydrogens is 222 g/mol. The van der Waals surface area contributed by atoms with Crippen LogP contribution in [0.25, 0.3) is 10.7 Å². The maximum atomic E-state index is 6.05. The van der Waals surface area contributed by atoms with Crippen molar-refractivity contribution in [3.8, 4) is 10.7 Å². The zero-order valence-electron chi connectivity index (χ0n) is 9.60. The average Bonchev–Trinajstić information content (AvgIpc) is 2.85. The molecule has 2 rings (SSSR count). The lowest BCUT2D eigenvalue weighted by molar-refractivity contribution is 0.253. The second kappa shape index (κ2) is 3.99. The third-order valence-corrected chi connectivity index (χ3v) is 3.25. The summed E-state index contributed by atoms with van der Waals surface area (Å²) in [6.45, 7) is 6.14. The Bertz CT molecular complexity index is 456. The molecule has 0 aliphatic rings. The van der Waals surface area contributed by atoms with Gasteiger partial charge in [0.05, 0.1) is 10.9 Å². The Labute approximate surface area is 98.5 Å². The fraction of sp³-hybridized carbons (Fsp3) is 0.455. The summed E-state index contributed by atoms with van der Waals surface area (Å²) >= 11 is 1.58. The second-order valence-electron chi connectivity index (χ2n) is 4.78. The van der Waals surface area contributed by atoms with Crippen molar-refractivity contribution >= 4 is 11.3 Å². The van der Waals surface area contributed by atoms with Crippen LogP contribution in [0.2, 0.25) is 0 Å². The molecule has 0 aliphatic heterocycles. The van der Waals surface area contributed by atoms with Crippen molar-refractivity contribution in [1.29, 1.82) is 0 Å². The third-order valence-electron chi connectivity index (χ3n) is 2.38. The fourth-order valence-corrected chi connectivity index (χ4v) is 1.89. The first kappa shape index (κ1) is 11.3. The Morgan fingerprint density at radius 2 is 2.19 bits per heavy atom. The number of nitrogens with zero attached hydrogens (tertiary/aromatic N) is 2. The zero-order valence-corrected chi connectivity index (χ0v) is 10.4. The van der Waals surface area contributed by atoms with E-state index in [0.29, 0.717) is 11.7 Å². The number of thiophene rings is 1. The highest BCUT2D eigenvalue weighted by Crippen LogP contribution is 2.31. The lowest BCUT2D eigenvalue weighted by Gasteiger charge is -2.23. The van der Waals surface area contributed by atoms with E-state index in [2.05, 4.69) is 10.1 Å². The van der Waals surface area contributed by atoms with Crippen molar-refractivity contribution in [1.82, 2.24) is 10.1 Å². The molecule has 0 unspecified atom stereocenters. The van der Waals surface area contributed by atoms with Crippen LogP contribution < -0.4 is 5.73 Å². The molecule has 0 spiro atoms. The van der Waals surface area contributed by atoms with Gasteiger partial charge in [-0.25, -0.2) is 0 Å². The van der Waals surface area contributed by atoms with Crippen LogP contribution in [0.3, 0.4) is 0 Å². The van der Waals surface area contributed by atoms with Crippen LogP contribution in [-0.2, 0) is 0 Å². The van der Waals surface area contributed by atoms with Crippen LogP contribution >= 0.6 is 11.3 Å². The largest absolute Gasteiger partial charge is 0.337 e. The molecule has 86 valence electrons. The highest BCUT2D eigenvalue weighted by Gasteiger charge is 2.27. The monoisotopic (exact) mass is 237 g/mol. The van der Waals surface area contributed by atoms with Gasteiger partial charge in [0.15, 0.2) is 0 Å². The Balaban J connectivity index is 2.27. The highest BCUT2D eigenvalue weighted by atomic mass is 32.1. The molecule has 0 amide bonds. The van der Waals surface area contributed by atoms with E-state index >= 15 is 0 Å². The van der Waals surface area contributed by atoms with Gasteiger partial charge in [-0.05, 0) is 16.9 Å². The summed E-state index contributed by atoms with van der Waals surface area (Å²) in [5.74, 6) is 1.11. The number of hydrogen-bond acceptors (Lipinski definition) is 5. The summed E-state index contributed by atoms with van der Waals surface area (Å²) in [4.78, 5) is 5.32. The van der Waals surface area contributed by atoms with Crippen LogP contribution in [0.1, 0.15) is 32.7 Å². The topological polar surface area (TPSA) is 64.9 Å². The Kier molecular flexibility index (Phi) is 2.82.